The molecule has 0 aliphatic carbocycles. The van der Waals surface area contributed by atoms with Crippen LogP contribution in [0.5, 0.6) is 0 Å². The van der Waals surface area contributed by atoms with Gasteiger partial charge in [0, 0.05) is 23.7 Å². The summed E-state index contributed by atoms with van der Waals surface area (Å²) in [5.74, 6) is -1.25. The van der Waals surface area contributed by atoms with Crippen LogP contribution in [0.3, 0.4) is 0 Å². The molecule has 1 aliphatic rings. The van der Waals surface area contributed by atoms with Gasteiger partial charge in [0.25, 0.3) is 0 Å². The van der Waals surface area contributed by atoms with Crippen molar-refractivity contribution in [1.29, 1.82) is 0 Å². The van der Waals surface area contributed by atoms with E-state index in [-0.39, 0.29) is 11.8 Å². The number of amides is 2. The molecule has 24 heavy (non-hydrogen) atoms. The maximum atomic E-state index is 12.6. The summed E-state index contributed by atoms with van der Waals surface area (Å²) in [5.41, 5.74) is 6.30. The number of hydrogen-bond acceptors (Lipinski definition) is 3. The van der Waals surface area contributed by atoms with E-state index in [1.807, 2.05) is 13.8 Å². The summed E-state index contributed by atoms with van der Waals surface area (Å²) in [6.45, 7) is 4.77. The Morgan fingerprint density at radius 3 is 2.67 bits per heavy atom. The first-order chi connectivity index (χ1) is 11.3. The number of benzene rings is 1. The third kappa shape index (κ3) is 4.02. The minimum Gasteiger partial charge on any atom is -0.354 e. The topological polar surface area (TPSA) is 75.4 Å². The molecule has 0 spiro atoms. The molecule has 1 aromatic rings. The van der Waals surface area contributed by atoms with Crippen LogP contribution < -0.4 is 16.0 Å². The van der Waals surface area contributed by atoms with E-state index in [1.165, 1.54) is 4.90 Å². The van der Waals surface area contributed by atoms with Gasteiger partial charge in [-0.25, -0.2) is 0 Å². The summed E-state index contributed by atoms with van der Waals surface area (Å²) in [5, 5.41) is 3.76. The molecule has 1 aliphatic heterocycles. The van der Waals surface area contributed by atoms with E-state index in [4.69, 9.17) is 28.9 Å². The highest BCUT2D eigenvalue weighted by atomic mass is 35.5. The Bertz CT molecular complexity index is 632. The summed E-state index contributed by atoms with van der Waals surface area (Å²) in [6, 6.07) is 4.95. The Morgan fingerprint density at radius 1 is 1.38 bits per heavy atom. The van der Waals surface area contributed by atoms with Crippen LogP contribution in [0.25, 0.3) is 0 Å². The fraction of sp³-hybridized carbons (Fsp3) is 0.529. The number of anilines is 1. The second-order valence-corrected chi connectivity index (χ2v) is 7.06. The van der Waals surface area contributed by atoms with E-state index in [9.17, 15) is 9.59 Å². The molecule has 7 heteroatoms. The van der Waals surface area contributed by atoms with Crippen molar-refractivity contribution in [3.8, 4) is 0 Å². The van der Waals surface area contributed by atoms with Crippen LogP contribution >= 0.6 is 23.2 Å². The number of rotatable bonds is 6. The lowest BCUT2D eigenvalue weighted by Gasteiger charge is -2.27. The Balaban J connectivity index is 2.06. The zero-order valence-electron chi connectivity index (χ0n) is 13.9. The molecule has 5 nitrogen and oxygen atoms in total. The standard InChI is InChI=1S/C17H23Cl2N3O2/c1-3-17(20,4-2)10-21-15(23)12-7-8-22(16(12)24)14-9-11(18)5-6-13(14)19/h5-6,9,12H,3-4,7-8,10,20H2,1-2H3,(H,21,23). The van der Waals surface area contributed by atoms with Crippen LogP contribution in [-0.4, -0.2) is 30.4 Å². The van der Waals surface area contributed by atoms with Gasteiger partial charge in [0.15, 0.2) is 0 Å². The Labute approximate surface area is 152 Å². The molecule has 1 fully saturated rings. The molecule has 0 saturated carbocycles. The van der Waals surface area contributed by atoms with Gasteiger partial charge in [0.2, 0.25) is 11.8 Å². The zero-order valence-corrected chi connectivity index (χ0v) is 15.5. The Hall–Kier alpha value is -1.30. The minimum absolute atomic E-state index is 0.257. The average Bonchev–Trinajstić information content (AvgIpc) is 2.96. The van der Waals surface area contributed by atoms with Crippen molar-refractivity contribution in [2.45, 2.75) is 38.6 Å². The summed E-state index contributed by atoms with van der Waals surface area (Å²) < 4.78 is 0. The second-order valence-electron chi connectivity index (χ2n) is 6.21. The van der Waals surface area contributed by atoms with E-state index in [0.29, 0.717) is 35.2 Å². The van der Waals surface area contributed by atoms with E-state index in [0.717, 1.165) is 12.8 Å². The Kier molecular flexibility index (Phi) is 6.12. The van der Waals surface area contributed by atoms with Crippen molar-refractivity contribution in [1.82, 2.24) is 5.32 Å². The van der Waals surface area contributed by atoms with Crippen molar-refractivity contribution in [2.24, 2.45) is 11.7 Å². The first kappa shape index (κ1) is 19.0. The predicted molar refractivity (Wildman–Crippen MR) is 97.4 cm³/mol. The molecule has 2 rings (SSSR count). The zero-order chi connectivity index (χ0) is 17.9. The smallest absolute Gasteiger partial charge is 0.239 e. The van der Waals surface area contributed by atoms with Gasteiger partial charge < -0.3 is 16.0 Å². The summed E-state index contributed by atoms with van der Waals surface area (Å²) in [4.78, 5) is 26.5. The normalized spacial score (nSPS) is 18.1. The van der Waals surface area contributed by atoms with E-state index in [1.54, 1.807) is 18.2 Å². The highest BCUT2D eigenvalue weighted by molar-refractivity contribution is 6.36. The number of nitrogens with zero attached hydrogens (tertiary/aromatic N) is 1. The summed E-state index contributed by atoms with van der Waals surface area (Å²) in [6.07, 6.45) is 1.96. The molecule has 132 valence electrons. The maximum Gasteiger partial charge on any atom is 0.239 e. The fourth-order valence-electron chi connectivity index (χ4n) is 2.74. The molecule has 1 aromatic carbocycles. The molecular weight excluding hydrogens is 349 g/mol. The number of nitrogens with two attached hydrogens (primary N) is 1. The average molecular weight is 372 g/mol. The van der Waals surface area contributed by atoms with Gasteiger partial charge in [0.05, 0.1) is 10.7 Å². The predicted octanol–water partition coefficient (Wildman–Crippen LogP) is 2.98. The number of carbonyl (C=O) groups is 2. The van der Waals surface area contributed by atoms with Crippen molar-refractivity contribution < 1.29 is 9.59 Å². The lowest BCUT2D eigenvalue weighted by molar-refractivity contribution is -0.132. The lowest BCUT2D eigenvalue weighted by Crippen LogP contribution is -2.51. The van der Waals surface area contributed by atoms with Gasteiger partial charge in [-0.05, 0) is 37.5 Å². The molecule has 1 heterocycles. The quantitative estimate of drug-likeness (QED) is 0.754. The minimum atomic E-state index is -0.710. The van der Waals surface area contributed by atoms with E-state index in [2.05, 4.69) is 5.32 Å². The fourth-order valence-corrected chi connectivity index (χ4v) is 3.13. The Morgan fingerprint density at radius 2 is 2.04 bits per heavy atom. The van der Waals surface area contributed by atoms with E-state index < -0.39 is 11.5 Å². The molecule has 3 N–H and O–H groups in total. The van der Waals surface area contributed by atoms with Gasteiger partial charge in [0.1, 0.15) is 5.92 Å². The van der Waals surface area contributed by atoms with Crippen molar-refractivity contribution in [3.05, 3.63) is 28.2 Å². The third-order valence-electron chi connectivity index (χ3n) is 4.74. The number of halogens is 2. The molecule has 0 bridgehead atoms. The summed E-state index contributed by atoms with van der Waals surface area (Å²) in [7, 11) is 0. The highest BCUT2D eigenvalue weighted by Gasteiger charge is 2.38. The largest absolute Gasteiger partial charge is 0.354 e. The highest BCUT2D eigenvalue weighted by Crippen LogP contribution is 2.33. The molecule has 0 aromatic heterocycles. The third-order valence-corrected chi connectivity index (χ3v) is 5.30. The first-order valence-electron chi connectivity index (χ1n) is 8.14. The van der Waals surface area contributed by atoms with Crippen LogP contribution in [-0.2, 0) is 9.59 Å². The first-order valence-corrected chi connectivity index (χ1v) is 8.90. The van der Waals surface area contributed by atoms with Gasteiger partial charge in [-0.1, -0.05) is 37.0 Å². The van der Waals surface area contributed by atoms with Gasteiger partial charge in [-0.3, -0.25) is 9.59 Å². The van der Waals surface area contributed by atoms with Gasteiger partial charge >= 0.3 is 0 Å². The molecule has 1 saturated heterocycles. The molecule has 0 radical (unpaired) electrons. The molecule has 1 atom stereocenters. The monoisotopic (exact) mass is 371 g/mol. The molecular formula is C17H23Cl2N3O2. The SMILES string of the molecule is CCC(N)(CC)CNC(=O)C1CCN(c2cc(Cl)ccc2Cl)C1=O. The van der Waals surface area contributed by atoms with Crippen LogP contribution in [0.1, 0.15) is 33.1 Å². The van der Waals surface area contributed by atoms with Gasteiger partial charge in [-0.2, -0.15) is 0 Å². The molecule has 2 amide bonds. The van der Waals surface area contributed by atoms with E-state index >= 15 is 0 Å². The number of carbonyl (C=O) groups excluding carboxylic acids is 2. The van der Waals surface area contributed by atoms with Crippen molar-refractivity contribution >= 4 is 40.7 Å². The van der Waals surface area contributed by atoms with Crippen molar-refractivity contribution in [2.75, 3.05) is 18.0 Å². The van der Waals surface area contributed by atoms with Crippen LogP contribution in [0.2, 0.25) is 10.0 Å². The molecule has 1 unspecified atom stereocenters. The number of hydrogen-bond donors (Lipinski definition) is 2. The second kappa shape index (κ2) is 7.72. The maximum absolute atomic E-state index is 12.6. The van der Waals surface area contributed by atoms with Crippen LogP contribution in [0.4, 0.5) is 5.69 Å². The van der Waals surface area contributed by atoms with Crippen molar-refractivity contribution in [3.63, 3.8) is 0 Å². The van der Waals surface area contributed by atoms with Gasteiger partial charge in [-0.15, -0.1) is 0 Å². The lowest BCUT2D eigenvalue weighted by atomic mass is 9.94. The summed E-state index contributed by atoms with van der Waals surface area (Å²) >= 11 is 12.1. The number of nitrogens with one attached hydrogen (secondary N) is 1. The van der Waals surface area contributed by atoms with Crippen LogP contribution in [0.15, 0.2) is 18.2 Å². The van der Waals surface area contributed by atoms with Crippen LogP contribution in [0, 0.1) is 5.92 Å².